The van der Waals surface area contributed by atoms with Gasteiger partial charge in [-0.25, -0.2) is 4.39 Å². The number of fused-ring (bicyclic) bond motifs is 1. The highest BCUT2D eigenvalue weighted by Crippen LogP contribution is 2.19. The Balaban J connectivity index is 2.72. The molecule has 13 heavy (non-hydrogen) atoms. The SMILES string of the molecule is Fc1cccc2cc(CCl)ccc12. The van der Waals surface area contributed by atoms with Crippen LogP contribution in [0.1, 0.15) is 5.56 Å². The van der Waals surface area contributed by atoms with Crippen molar-refractivity contribution in [3.63, 3.8) is 0 Å². The molecule has 0 heterocycles. The summed E-state index contributed by atoms with van der Waals surface area (Å²) in [5, 5.41) is 1.55. The van der Waals surface area contributed by atoms with Crippen molar-refractivity contribution in [1.82, 2.24) is 0 Å². The van der Waals surface area contributed by atoms with Crippen molar-refractivity contribution in [3.05, 3.63) is 47.8 Å². The second kappa shape index (κ2) is 3.35. The van der Waals surface area contributed by atoms with E-state index in [1.165, 1.54) is 6.07 Å². The van der Waals surface area contributed by atoms with E-state index in [9.17, 15) is 4.39 Å². The molecule has 2 aromatic carbocycles. The Morgan fingerprint density at radius 1 is 1.15 bits per heavy atom. The summed E-state index contributed by atoms with van der Waals surface area (Å²) in [6.07, 6.45) is 0. The molecule has 0 nitrogen and oxygen atoms in total. The van der Waals surface area contributed by atoms with Gasteiger partial charge in [0.15, 0.2) is 0 Å². The summed E-state index contributed by atoms with van der Waals surface area (Å²) >= 11 is 5.67. The van der Waals surface area contributed by atoms with Gasteiger partial charge < -0.3 is 0 Å². The topological polar surface area (TPSA) is 0 Å². The van der Waals surface area contributed by atoms with Gasteiger partial charge in [0.1, 0.15) is 5.82 Å². The number of alkyl halides is 1. The molecule has 0 bridgehead atoms. The van der Waals surface area contributed by atoms with Gasteiger partial charge in [0.25, 0.3) is 0 Å². The summed E-state index contributed by atoms with van der Waals surface area (Å²) in [5.74, 6) is 0.283. The van der Waals surface area contributed by atoms with Gasteiger partial charge in [-0.15, -0.1) is 11.6 Å². The highest BCUT2D eigenvalue weighted by Gasteiger charge is 1.99. The highest BCUT2D eigenvalue weighted by molar-refractivity contribution is 6.17. The molecule has 66 valence electrons. The van der Waals surface area contributed by atoms with Gasteiger partial charge in [0.05, 0.1) is 0 Å². The quantitative estimate of drug-likeness (QED) is 0.607. The first-order valence-corrected chi connectivity index (χ1v) is 4.58. The third kappa shape index (κ3) is 1.52. The van der Waals surface area contributed by atoms with Gasteiger partial charge in [0.2, 0.25) is 0 Å². The van der Waals surface area contributed by atoms with Crippen molar-refractivity contribution in [2.24, 2.45) is 0 Å². The van der Waals surface area contributed by atoms with Crippen LogP contribution >= 0.6 is 11.6 Å². The molecule has 0 aromatic heterocycles. The lowest BCUT2D eigenvalue weighted by Gasteiger charge is -2.00. The van der Waals surface area contributed by atoms with Crippen molar-refractivity contribution >= 4 is 22.4 Å². The van der Waals surface area contributed by atoms with E-state index in [1.807, 2.05) is 18.2 Å². The Morgan fingerprint density at radius 2 is 2.00 bits per heavy atom. The highest BCUT2D eigenvalue weighted by atomic mass is 35.5. The fraction of sp³-hybridized carbons (Fsp3) is 0.0909. The van der Waals surface area contributed by atoms with Crippen LogP contribution in [0.25, 0.3) is 10.8 Å². The zero-order chi connectivity index (χ0) is 9.26. The fourth-order valence-corrected chi connectivity index (χ4v) is 1.54. The number of rotatable bonds is 1. The van der Waals surface area contributed by atoms with Crippen LogP contribution in [-0.4, -0.2) is 0 Å². The predicted molar refractivity (Wildman–Crippen MR) is 53.5 cm³/mol. The van der Waals surface area contributed by atoms with Crippen LogP contribution in [-0.2, 0) is 5.88 Å². The number of halogens is 2. The molecule has 2 rings (SSSR count). The minimum atomic E-state index is -0.182. The molecule has 0 atom stereocenters. The minimum Gasteiger partial charge on any atom is -0.206 e. The van der Waals surface area contributed by atoms with Gasteiger partial charge in [-0.3, -0.25) is 0 Å². The number of benzene rings is 2. The molecule has 0 saturated heterocycles. The lowest BCUT2D eigenvalue weighted by molar-refractivity contribution is 0.640. The Kier molecular flexibility index (Phi) is 2.19. The van der Waals surface area contributed by atoms with E-state index in [0.29, 0.717) is 11.3 Å². The number of hydrogen-bond acceptors (Lipinski definition) is 0. The van der Waals surface area contributed by atoms with Crippen molar-refractivity contribution < 1.29 is 4.39 Å². The van der Waals surface area contributed by atoms with Gasteiger partial charge in [-0.2, -0.15) is 0 Å². The van der Waals surface area contributed by atoms with Gasteiger partial charge in [0, 0.05) is 11.3 Å². The monoisotopic (exact) mass is 194 g/mol. The van der Waals surface area contributed by atoms with Crippen molar-refractivity contribution in [1.29, 1.82) is 0 Å². The van der Waals surface area contributed by atoms with E-state index in [1.54, 1.807) is 12.1 Å². The Bertz CT molecular complexity index is 437. The van der Waals surface area contributed by atoms with Crippen molar-refractivity contribution in [3.8, 4) is 0 Å². The molecule has 0 spiro atoms. The van der Waals surface area contributed by atoms with E-state index < -0.39 is 0 Å². The maximum atomic E-state index is 13.2. The standard InChI is InChI=1S/C11H8ClF/c12-7-8-4-5-10-9(6-8)2-1-3-11(10)13/h1-6H,7H2. The molecule has 0 aliphatic rings. The Morgan fingerprint density at radius 3 is 2.77 bits per heavy atom. The summed E-state index contributed by atoms with van der Waals surface area (Å²) in [7, 11) is 0. The molecule has 0 amide bonds. The molecule has 0 aliphatic carbocycles. The van der Waals surface area contributed by atoms with Crippen LogP contribution in [0.2, 0.25) is 0 Å². The molecule has 0 saturated carbocycles. The van der Waals surface area contributed by atoms with Crippen LogP contribution in [0.5, 0.6) is 0 Å². The first-order valence-electron chi connectivity index (χ1n) is 4.04. The first-order chi connectivity index (χ1) is 6.31. The fourth-order valence-electron chi connectivity index (χ4n) is 1.38. The van der Waals surface area contributed by atoms with Crippen molar-refractivity contribution in [2.45, 2.75) is 5.88 Å². The van der Waals surface area contributed by atoms with Crippen LogP contribution < -0.4 is 0 Å². The van der Waals surface area contributed by atoms with Gasteiger partial charge in [-0.1, -0.05) is 24.3 Å². The van der Waals surface area contributed by atoms with E-state index in [-0.39, 0.29) is 5.82 Å². The van der Waals surface area contributed by atoms with E-state index >= 15 is 0 Å². The summed E-state index contributed by atoms with van der Waals surface area (Å²) in [6, 6.07) is 10.6. The van der Waals surface area contributed by atoms with E-state index in [2.05, 4.69) is 0 Å². The third-order valence-corrected chi connectivity index (χ3v) is 2.35. The Hall–Kier alpha value is -1.08. The summed E-state index contributed by atoms with van der Waals surface area (Å²) in [6.45, 7) is 0. The predicted octanol–water partition coefficient (Wildman–Crippen LogP) is 3.72. The van der Waals surface area contributed by atoms with Gasteiger partial charge >= 0.3 is 0 Å². The lowest BCUT2D eigenvalue weighted by atomic mass is 10.1. The Labute approximate surface area is 80.9 Å². The summed E-state index contributed by atoms with van der Waals surface area (Å²) < 4.78 is 13.2. The largest absolute Gasteiger partial charge is 0.206 e. The zero-order valence-electron chi connectivity index (χ0n) is 6.93. The molecular weight excluding hydrogens is 187 g/mol. The smallest absolute Gasteiger partial charge is 0.131 e. The maximum Gasteiger partial charge on any atom is 0.131 e. The molecule has 0 N–H and O–H groups in total. The van der Waals surface area contributed by atoms with Gasteiger partial charge in [-0.05, 0) is 23.1 Å². The van der Waals surface area contributed by atoms with Crippen molar-refractivity contribution in [2.75, 3.05) is 0 Å². The molecule has 2 heteroatoms. The minimum absolute atomic E-state index is 0.182. The zero-order valence-corrected chi connectivity index (χ0v) is 7.68. The molecule has 2 aromatic rings. The maximum absolute atomic E-state index is 13.2. The second-order valence-electron chi connectivity index (χ2n) is 2.93. The molecule has 0 fully saturated rings. The third-order valence-electron chi connectivity index (χ3n) is 2.05. The first kappa shape index (κ1) is 8.52. The lowest BCUT2D eigenvalue weighted by Crippen LogP contribution is -1.81. The molecular formula is C11H8ClF. The van der Waals surface area contributed by atoms with Crippen LogP contribution in [0, 0.1) is 5.82 Å². The average molecular weight is 195 g/mol. The van der Waals surface area contributed by atoms with E-state index in [0.717, 1.165) is 10.9 Å². The van der Waals surface area contributed by atoms with Crippen LogP contribution in [0.4, 0.5) is 4.39 Å². The molecule has 0 unspecified atom stereocenters. The van der Waals surface area contributed by atoms with Crippen LogP contribution in [0.15, 0.2) is 36.4 Å². The normalized spacial score (nSPS) is 10.6. The molecule has 0 radical (unpaired) electrons. The number of hydrogen-bond donors (Lipinski definition) is 0. The average Bonchev–Trinajstić information content (AvgIpc) is 2.18. The summed E-state index contributed by atoms with van der Waals surface area (Å²) in [5.41, 5.74) is 1.01. The second-order valence-corrected chi connectivity index (χ2v) is 3.20. The molecule has 0 aliphatic heterocycles. The van der Waals surface area contributed by atoms with Crippen LogP contribution in [0.3, 0.4) is 0 Å². The van der Waals surface area contributed by atoms with E-state index in [4.69, 9.17) is 11.6 Å². The summed E-state index contributed by atoms with van der Waals surface area (Å²) in [4.78, 5) is 0.